The first-order valence-corrected chi connectivity index (χ1v) is 11.0. The second-order valence-corrected chi connectivity index (χ2v) is 8.83. The topological polar surface area (TPSA) is 45.7 Å². The molecule has 3 aromatic rings. The van der Waals surface area contributed by atoms with E-state index in [-0.39, 0.29) is 5.91 Å². The van der Waals surface area contributed by atoms with Gasteiger partial charge in [-0.1, -0.05) is 51.0 Å². The second-order valence-electron chi connectivity index (χ2n) is 6.50. The summed E-state index contributed by atoms with van der Waals surface area (Å²) in [6.07, 6.45) is 0. The molecule has 0 bridgehead atoms. The molecular weight excluding hydrogens is 462 g/mol. The Morgan fingerprint density at radius 3 is 2.82 bits per heavy atom. The largest absolute Gasteiger partial charge is 0.379 e. The molecule has 28 heavy (non-hydrogen) atoms. The molecule has 2 aromatic carbocycles. The number of carbonyl (C=O) groups is 1. The van der Waals surface area contributed by atoms with E-state index in [0.29, 0.717) is 22.3 Å². The monoisotopic (exact) mass is 479 g/mol. The number of rotatable bonds is 5. The van der Waals surface area contributed by atoms with Crippen LogP contribution in [-0.2, 0) is 4.74 Å². The van der Waals surface area contributed by atoms with Crippen molar-refractivity contribution in [1.29, 1.82) is 0 Å². The summed E-state index contributed by atoms with van der Waals surface area (Å²) in [5, 5.41) is 1.14. The number of morpholine rings is 1. The zero-order valence-corrected chi connectivity index (χ0v) is 18.3. The van der Waals surface area contributed by atoms with Crippen molar-refractivity contribution < 1.29 is 9.53 Å². The van der Waals surface area contributed by atoms with Crippen molar-refractivity contribution in [1.82, 2.24) is 9.88 Å². The molecule has 1 saturated heterocycles. The van der Waals surface area contributed by atoms with Gasteiger partial charge in [-0.3, -0.25) is 14.6 Å². The lowest BCUT2D eigenvalue weighted by Crippen LogP contribution is -2.43. The Kier molecular flexibility index (Phi) is 6.28. The molecule has 146 valence electrons. The summed E-state index contributed by atoms with van der Waals surface area (Å²) in [5.74, 6) is -0.128. The summed E-state index contributed by atoms with van der Waals surface area (Å²) >= 11 is 11.3. The Labute approximate surface area is 181 Å². The van der Waals surface area contributed by atoms with E-state index < -0.39 is 0 Å². The number of fused-ring (bicyclic) bond motifs is 1. The van der Waals surface area contributed by atoms with E-state index in [4.69, 9.17) is 21.3 Å². The number of carbonyl (C=O) groups excluding carboxylic acids is 1. The number of amides is 1. The van der Waals surface area contributed by atoms with Crippen LogP contribution in [0.1, 0.15) is 10.4 Å². The molecule has 8 heteroatoms. The Balaban J connectivity index is 1.65. The third kappa shape index (κ3) is 4.39. The molecule has 0 unspecified atom stereocenters. The van der Waals surface area contributed by atoms with Crippen molar-refractivity contribution >= 4 is 60.1 Å². The predicted molar refractivity (Wildman–Crippen MR) is 118 cm³/mol. The van der Waals surface area contributed by atoms with Crippen LogP contribution in [0.3, 0.4) is 0 Å². The van der Waals surface area contributed by atoms with E-state index >= 15 is 0 Å². The smallest absolute Gasteiger partial charge is 0.261 e. The van der Waals surface area contributed by atoms with Crippen LogP contribution in [0.4, 0.5) is 5.13 Å². The number of ether oxygens (including phenoxy) is 1. The first kappa shape index (κ1) is 19.8. The third-order valence-corrected chi connectivity index (χ3v) is 6.53. The van der Waals surface area contributed by atoms with Gasteiger partial charge >= 0.3 is 0 Å². The molecule has 1 aromatic heterocycles. The van der Waals surface area contributed by atoms with Gasteiger partial charge in [0.05, 0.1) is 34.0 Å². The van der Waals surface area contributed by atoms with E-state index in [1.807, 2.05) is 30.3 Å². The highest BCUT2D eigenvalue weighted by Gasteiger charge is 2.24. The van der Waals surface area contributed by atoms with Gasteiger partial charge in [0.25, 0.3) is 5.91 Å². The predicted octanol–water partition coefficient (Wildman–Crippen LogP) is 4.69. The number of hydrogen-bond donors (Lipinski definition) is 0. The van der Waals surface area contributed by atoms with Gasteiger partial charge in [0, 0.05) is 30.7 Å². The van der Waals surface area contributed by atoms with E-state index in [1.165, 1.54) is 11.3 Å². The lowest BCUT2D eigenvalue weighted by atomic mass is 10.2. The highest BCUT2D eigenvalue weighted by Crippen LogP contribution is 2.32. The number of thiazole rings is 1. The maximum absolute atomic E-state index is 13.3. The molecule has 0 atom stereocenters. The molecule has 0 saturated carbocycles. The molecule has 1 amide bonds. The number of nitrogens with zero attached hydrogens (tertiary/aromatic N) is 3. The minimum absolute atomic E-state index is 0.128. The lowest BCUT2D eigenvalue weighted by Gasteiger charge is -2.29. The molecule has 1 fully saturated rings. The minimum atomic E-state index is -0.128. The maximum atomic E-state index is 13.3. The van der Waals surface area contributed by atoms with Crippen molar-refractivity contribution in [3.8, 4) is 0 Å². The van der Waals surface area contributed by atoms with Gasteiger partial charge < -0.3 is 4.74 Å². The normalized spacial score (nSPS) is 15.1. The van der Waals surface area contributed by atoms with Gasteiger partial charge in [-0.2, -0.15) is 0 Å². The van der Waals surface area contributed by atoms with Crippen LogP contribution in [0.15, 0.2) is 46.9 Å². The van der Waals surface area contributed by atoms with Crippen LogP contribution in [-0.4, -0.2) is 55.2 Å². The van der Waals surface area contributed by atoms with Crippen molar-refractivity contribution in [2.45, 2.75) is 0 Å². The van der Waals surface area contributed by atoms with Crippen molar-refractivity contribution in [2.75, 3.05) is 44.3 Å². The molecule has 0 aliphatic carbocycles. The van der Waals surface area contributed by atoms with Crippen LogP contribution in [0.2, 0.25) is 5.02 Å². The standard InChI is InChI=1S/C20H19BrClN3O2S/c21-14-5-6-17-18(13-14)28-20(23-17)25(8-7-24-9-11-27-12-10-24)19(26)15-3-1-2-4-16(15)22/h1-6,13H,7-12H2. The number of aromatic nitrogens is 1. The Morgan fingerprint density at radius 2 is 2.04 bits per heavy atom. The summed E-state index contributed by atoms with van der Waals surface area (Å²) in [6.45, 7) is 4.52. The van der Waals surface area contributed by atoms with Crippen LogP contribution < -0.4 is 4.90 Å². The summed E-state index contributed by atoms with van der Waals surface area (Å²) in [5.41, 5.74) is 1.37. The van der Waals surface area contributed by atoms with E-state index in [1.54, 1.807) is 17.0 Å². The zero-order chi connectivity index (χ0) is 19.5. The van der Waals surface area contributed by atoms with Crippen LogP contribution in [0.25, 0.3) is 10.2 Å². The fourth-order valence-corrected chi connectivity index (χ4v) is 4.89. The average Bonchev–Trinajstić information content (AvgIpc) is 3.12. The summed E-state index contributed by atoms with van der Waals surface area (Å²) in [6, 6.07) is 13.1. The fraction of sp³-hybridized carbons (Fsp3) is 0.300. The van der Waals surface area contributed by atoms with Gasteiger partial charge in [0.15, 0.2) is 5.13 Å². The molecule has 2 heterocycles. The highest BCUT2D eigenvalue weighted by molar-refractivity contribution is 9.10. The van der Waals surface area contributed by atoms with Crippen molar-refractivity contribution in [3.63, 3.8) is 0 Å². The summed E-state index contributed by atoms with van der Waals surface area (Å²) < 4.78 is 7.45. The van der Waals surface area contributed by atoms with Gasteiger partial charge in [-0.25, -0.2) is 4.98 Å². The fourth-order valence-electron chi connectivity index (χ4n) is 3.13. The van der Waals surface area contributed by atoms with Crippen molar-refractivity contribution in [2.24, 2.45) is 0 Å². The first-order chi connectivity index (χ1) is 13.6. The number of anilines is 1. The molecule has 0 radical (unpaired) electrons. The molecule has 1 aliphatic rings. The first-order valence-electron chi connectivity index (χ1n) is 9.04. The van der Waals surface area contributed by atoms with Crippen LogP contribution in [0, 0.1) is 0 Å². The highest BCUT2D eigenvalue weighted by atomic mass is 79.9. The van der Waals surface area contributed by atoms with E-state index in [0.717, 1.165) is 47.5 Å². The summed E-state index contributed by atoms with van der Waals surface area (Å²) in [4.78, 5) is 22.1. The zero-order valence-electron chi connectivity index (χ0n) is 15.1. The minimum Gasteiger partial charge on any atom is -0.379 e. The Hall–Kier alpha value is -1.51. The van der Waals surface area contributed by atoms with Gasteiger partial charge in [-0.15, -0.1) is 0 Å². The molecule has 5 nitrogen and oxygen atoms in total. The van der Waals surface area contributed by atoms with E-state index in [9.17, 15) is 4.79 Å². The van der Waals surface area contributed by atoms with Crippen LogP contribution >= 0.6 is 38.9 Å². The summed E-state index contributed by atoms with van der Waals surface area (Å²) in [7, 11) is 0. The molecular formula is C20H19BrClN3O2S. The van der Waals surface area contributed by atoms with E-state index in [2.05, 4.69) is 20.8 Å². The number of benzene rings is 2. The molecule has 4 rings (SSSR count). The third-order valence-electron chi connectivity index (χ3n) is 4.66. The van der Waals surface area contributed by atoms with Crippen molar-refractivity contribution in [3.05, 3.63) is 57.5 Å². The van der Waals surface area contributed by atoms with Crippen LogP contribution in [0.5, 0.6) is 0 Å². The number of halogens is 2. The average molecular weight is 481 g/mol. The lowest BCUT2D eigenvalue weighted by molar-refractivity contribution is 0.0391. The molecule has 1 aliphatic heterocycles. The quantitative estimate of drug-likeness (QED) is 0.531. The van der Waals surface area contributed by atoms with Gasteiger partial charge in [0.2, 0.25) is 0 Å². The Bertz CT molecular complexity index is 990. The maximum Gasteiger partial charge on any atom is 0.261 e. The van der Waals surface area contributed by atoms with Gasteiger partial charge in [0.1, 0.15) is 0 Å². The molecule has 0 N–H and O–H groups in total. The van der Waals surface area contributed by atoms with Gasteiger partial charge in [-0.05, 0) is 30.3 Å². The SMILES string of the molecule is O=C(c1ccccc1Cl)N(CCN1CCOCC1)c1nc2ccc(Br)cc2s1. The molecule has 0 spiro atoms. The second kappa shape index (κ2) is 8.88. The number of hydrogen-bond acceptors (Lipinski definition) is 5. The Morgan fingerprint density at radius 1 is 1.25 bits per heavy atom.